The second-order valence-corrected chi connectivity index (χ2v) is 34.9. The van der Waals surface area contributed by atoms with Gasteiger partial charge in [-0.2, -0.15) is 0 Å². The van der Waals surface area contributed by atoms with Gasteiger partial charge in [0, 0.05) is 0 Å². The van der Waals surface area contributed by atoms with Crippen molar-refractivity contribution in [1.82, 2.24) is 0 Å². The molecular weight excluding hydrogens is 1250 g/mol. The molecule has 0 aromatic heterocycles. The van der Waals surface area contributed by atoms with Gasteiger partial charge in [0.15, 0.2) is 0 Å². The summed E-state index contributed by atoms with van der Waals surface area (Å²) in [6.07, 6.45) is 0. The van der Waals surface area contributed by atoms with Crippen molar-refractivity contribution in [3.8, 4) is 0 Å². The normalized spacial score (nSPS) is 13.2. The molecule has 0 radical (unpaired) electrons. The molecule has 496 valence electrons. The van der Waals surface area contributed by atoms with Gasteiger partial charge >= 0.3 is 0 Å². The minimum Gasteiger partial charge on any atom is -0.0616 e. The summed E-state index contributed by atoms with van der Waals surface area (Å²) in [6.45, 7) is 28.0. The Bertz CT molecular complexity index is 6310. The summed E-state index contributed by atoms with van der Waals surface area (Å²) < 4.78 is 0. The molecule has 104 heavy (non-hydrogen) atoms. The first-order chi connectivity index (χ1) is 50.0. The van der Waals surface area contributed by atoms with Crippen LogP contribution in [0.25, 0.3) is 184 Å². The molecule has 0 unspecified atom stereocenters. The van der Waals surface area contributed by atoms with Gasteiger partial charge in [-0.05, 0) is 333 Å². The van der Waals surface area contributed by atoms with E-state index in [1.807, 2.05) is 0 Å². The highest BCUT2D eigenvalue weighted by Gasteiger charge is 2.27. The van der Waals surface area contributed by atoms with E-state index in [0.29, 0.717) is 0 Å². The van der Waals surface area contributed by atoms with E-state index in [9.17, 15) is 0 Å². The average molecular weight is 1330 g/mol. The molecular formula is C104H80. The summed E-state index contributed by atoms with van der Waals surface area (Å²) >= 11 is 0. The smallest absolute Gasteiger partial charge is 0.00139 e. The van der Waals surface area contributed by atoms with E-state index in [2.05, 4.69) is 350 Å². The third-order valence-corrected chi connectivity index (χ3v) is 24.1. The number of fused-ring (bicyclic) bond motifs is 4. The van der Waals surface area contributed by atoms with Crippen LogP contribution in [0.1, 0.15) is 128 Å². The van der Waals surface area contributed by atoms with Crippen LogP contribution < -0.4 is 10.4 Å². The van der Waals surface area contributed by atoms with Crippen molar-refractivity contribution in [3.05, 3.63) is 322 Å². The molecule has 0 spiro atoms. The van der Waals surface area contributed by atoms with Crippen LogP contribution in [0.4, 0.5) is 0 Å². The van der Waals surface area contributed by atoms with Crippen LogP contribution >= 0.6 is 0 Å². The summed E-state index contributed by atoms with van der Waals surface area (Å²) in [5.74, 6) is 0. The summed E-state index contributed by atoms with van der Waals surface area (Å²) in [5.41, 5.74) is 12.7. The maximum Gasteiger partial charge on any atom is -0.00139 e. The first-order valence-corrected chi connectivity index (χ1v) is 37.5. The Morgan fingerprint density at radius 3 is 0.452 bits per heavy atom. The van der Waals surface area contributed by atoms with Gasteiger partial charge in [-0.25, -0.2) is 0 Å². The Morgan fingerprint density at radius 2 is 0.308 bits per heavy atom. The molecule has 0 atom stereocenters. The molecule has 0 saturated heterocycles. The molecule has 0 fully saturated rings. The zero-order valence-corrected chi connectivity index (χ0v) is 61.4. The molecule has 21 aromatic carbocycles. The molecule has 21 rings (SSSR count). The predicted molar refractivity (Wildman–Crippen MR) is 454 cm³/mol. The van der Waals surface area contributed by atoms with Crippen LogP contribution in [0.2, 0.25) is 0 Å². The Kier molecular flexibility index (Phi) is 12.4. The van der Waals surface area contributed by atoms with Gasteiger partial charge in [0.1, 0.15) is 0 Å². The maximum absolute atomic E-state index is 2.56. The summed E-state index contributed by atoms with van der Waals surface area (Å²) in [4.78, 5) is 0. The van der Waals surface area contributed by atoms with E-state index in [1.54, 1.807) is 0 Å². The lowest BCUT2D eigenvalue weighted by molar-refractivity contribution is 0.591. The third kappa shape index (κ3) is 9.10. The van der Waals surface area contributed by atoms with E-state index in [-0.39, 0.29) is 21.7 Å². The number of hydrogen-bond donors (Lipinski definition) is 0. The topological polar surface area (TPSA) is 0 Å². The van der Waals surface area contributed by atoms with Gasteiger partial charge in [0.2, 0.25) is 0 Å². The van der Waals surface area contributed by atoms with Crippen molar-refractivity contribution in [2.75, 3.05) is 0 Å². The zero-order chi connectivity index (χ0) is 70.5. The molecule has 0 aliphatic heterocycles. The van der Waals surface area contributed by atoms with E-state index in [1.165, 1.54) is 238 Å². The van der Waals surface area contributed by atoms with Gasteiger partial charge in [0.05, 0.1) is 0 Å². The van der Waals surface area contributed by atoms with Crippen LogP contribution in [-0.2, 0) is 21.7 Å². The summed E-state index contributed by atoms with van der Waals surface area (Å²) in [6, 6.07) is 107. The molecule has 0 aliphatic rings. The molecule has 0 N–H and O–H groups in total. The fraction of sp³-hybridized carbons (Fsp3) is 0.154. The van der Waals surface area contributed by atoms with E-state index >= 15 is 0 Å². The van der Waals surface area contributed by atoms with Crippen LogP contribution in [0, 0.1) is 0 Å². The molecule has 0 aliphatic carbocycles. The molecule has 0 nitrogen and oxygen atoms in total. The first-order valence-electron chi connectivity index (χ1n) is 37.5. The summed E-state index contributed by atoms with van der Waals surface area (Å²) in [5, 5.41) is 43.1. The Morgan fingerprint density at radius 1 is 0.163 bits per heavy atom. The van der Waals surface area contributed by atoms with E-state index < -0.39 is 0 Å². The molecule has 0 heteroatoms. The maximum atomic E-state index is 2.56. The van der Waals surface area contributed by atoms with Gasteiger partial charge in [0.25, 0.3) is 0 Å². The average Bonchev–Trinajstić information content (AvgIpc) is 1.29. The molecule has 21 aromatic rings. The number of hydrogen-bond acceptors (Lipinski definition) is 0. The van der Waals surface area contributed by atoms with Crippen molar-refractivity contribution in [2.24, 2.45) is 0 Å². The molecule has 0 heterocycles. The Balaban J connectivity index is 0.969. The lowest BCUT2D eigenvalue weighted by atomic mass is 9.80. The highest BCUT2D eigenvalue weighted by molar-refractivity contribution is 6.29. The standard InChI is InChI=1S/C104H80/c1-101(2,3)81-45-69-29-21-61-37-77(38-62-22-30-70(46-81)93(69)89(61)62)97(78-39-63-23-31-71-47-82(102(4,5)6)48-72-32-24-64(40-78)90(63)94(71)72)99-85-53-57-17-13-15-19-59(57)55-87(85)100(88-56-60-20-16-14-18-58(60)54-86(88)99)98(79-41-65-25-33-73-49-83(103(7,8)9)50-74-34-26-66(42-79)91(65)95(73)74)80-43-67-27-35-75-51-84(104(10,11)12)52-76-36-28-68(44-80)92(67)96(75)76/h13-56H,1-12H3. The lowest BCUT2D eigenvalue weighted by Crippen LogP contribution is -2.21. The van der Waals surface area contributed by atoms with Gasteiger partial charge in [-0.1, -0.05) is 277 Å². The Hall–Kier alpha value is -11.4. The van der Waals surface area contributed by atoms with Gasteiger partial charge in [-0.15, -0.1) is 0 Å². The van der Waals surface area contributed by atoms with E-state index in [0.717, 1.165) is 0 Å². The quantitative estimate of drug-likeness (QED) is 0.122. The fourth-order valence-electron chi connectivity index (χ4n) is 18.7. The lowest BCUT2D eigenvalue weighted by Gasteiger charge is -2.23. The molecule has 0 amide bonds. The van der Waals surface area contributed by atoms with Crippen molar-refractivity contribution in [1.29, 1.82) is 0 Å². The largest absolute Gasteiger partial charge is 0.0616 e. The second-order valence-electron chi connectivity index (χ2n) is 34.9. The third-order valence-electron chi connectivity index (χ3n) is 24.1. The Labute approximate surface area is 606 Å². The summed E-state index contributed by atoms with van der Waals surface area (Å²) in [7, 11) is 0. The number of rotatable bonds is 4. The van der Waals surface area contributed by atoms with Crippen LogP contribution in [0.3, 0.4) is 0 Å². The molecule has 0 saturated carbocycles. The predicted octanol–water partition coefficient (Wildman–Crippen LogP) is 27.6. The highest BCUT2D eigenvalue weighted by Crippen LogP contribution is 2.47. The minimum atomic E-state index is 0.00854. The first kappa shape index (κ1) is 61.2. The van der Waals surface area contributed by atoms with Crippen molar-refractivity contribution in [3.63, 3.8) is 0 Å². The van der Waals surface area contributed by atoms with Gasteiger partial charge in [-0.3, -0.25) is 0 Å². The van der Waals surface area contributed by atoms with Crippen LogP contribution in [0.5, 0.6) is 0 Å². The van der Waals surface area contributed by atoms with Crippen molar-refractivity contribution in [2.45, 2.75) is 105 Å². The van der Waals surface area contributed by atoms with Gasteiger partial charge < -0.3 is 0 Å². The fourth-order valence-corrected chi connectivity index (χ4v) is 18.7. The second kappa shape index (κ2) is 21.1. The zero-order valence-electron chi connectivity index (χ0n) is 61.4. The van der Waals surface area contributed by atoms with Crippen molar-refractivity contribution >= 4 is 184 Å². The van der Waals surface area contributed by atoms with Crippen LogP contribution in [-0.4, -0.2) is 0 Å². The van der Waals surface area contributed by atoms with Crippen molar-refractivity contribution < 1.29 is 0 Å². The highest BCUT2D eigenvalue weighted by atomic mass is 14.3. The number of benzene rings is 21. The van der Waals surface area contributed by atoms with Crippen LogP contribution in [0.15, 0.2) is 267 Å². The molecule has 0 bridgehead atoms. The SMILES string of the molecule is CC(C)(C)c1cc2ccc3cc(C(c4cc5ccc6cc(C(C)(C)C)cc7ccc(c4)c5c67)=c4c5cc6ccccc6cc5c(=C(c5cc6ccc7cc(C(C)(C)C)cc8ccc(c5)c6c78)c5cc6ccc7cc(C(C)(C)C)cc8ccc(c5)c6c78)c5cc6ccccc6cc45)cc4ccc(c1)c2c34. The monoisotopic (exact) mass is 1330 g/mol. The minimum absolute atomic E-state index is 0.00854. The van der Waals surface area contributed by atoms with E-state index in [4.69, 9.17) is 0 Å².